The summed E-state index contributed by atoms with van der Waals surface area (Å²) in [6, 6.07) is 21.1. The van der Waals surface area contributed by atoms with Crippen LogP contribution in [0, 0.1) is 5.92 Å². The van der Waals surface area contributed by atoms with Crippen molar-refractivity contribution in [1.29, 1.82) is 0 Å². The maximum absolute atomic E-state index is 12.9. The van der Waals surface area contributed by atoms with Crippen molar-refractivity contribution >= 4 is 36.2 Å². The molecule has 38 heavy (non-hydrogen) atoms. The molecule has 10 heteroatoms. The van der Waals surface area contributed by atoms with Gasteiger partial charge in [0.25, 0.3) is 0 Å². The standard InChI is InChI=1S/C28H33N2O7P/c1-19(2)26(30-25(31)17-22-14-9-13-21-12-7-8-15-23(21)22)27(32)29-18-38(34,35)37-24(28(33)36-3)16-20-10-5-4-6-11-20/h4-15,19,24,26H,16-18H2,1-3H3,(H,29,32)(H,30,31)(H,34,35)/p-1/t24-,26-/m0/s1. The minimum Gasteiger partial charge on any atom is -0.777 e. The van der Waals surface area contributed by atoms with Gasteiger partial charge in [-0.3, -0.25) is 9.59 Å². The van der Waals surface area contributed by atoms with Crippen LogP contribution in [0.5, 0.6) is 0 Å². The van der Waals surface area contributed by atoms with Crippen LogP contribution in [0.4, 0.5) is 0 Å². The van der Waals surface area contributed by atoms with Crippen molar-refractivity contribution in [2.45, 2.75) is 38.8 Å². The molecule has 0 spiro atoms. The zero-order valence-corrected chi connectivity index (χ0v) is 22.5. The van der Waals surface area contributed by atoms with E-state index in [9.17, 15) is 23.8 Å². The van der Waals surface area contributed by atoms with E-state index >= 15 is 0 Å². The number of nitrogens with one attached hydrogen (secondary N) is 2. The third-order valence-electron chi connectivity index (χ3n) is 5.96. The smallest absolute Gasteiger partial charge is 0.335 e. The Morgan fingerprint density at radius 1 is 0.947 bits per heavy atom. The molecular formula is C28H32N2O7P-. The van der Waals surface area contributed by atoms with Gasteiger partial charge in [0.2, 0.25) is 11.8 Å². The Morgan fingerprint density at radius 3 is 2.29 bits per heavy atom. The molecule has 0 aliphatic heterocycles. The topological polar surface area (TPSA) is 134 Å². The molecule has 3 aromatic carbocycles. The van der Waals surface area contributed by atoms with Crippen molar-refractivity contribution in [1.82, 2.24) is 10.6 Å². The van der Waals surface area contributed by atoms with Crippen LogP contribution in [0.2, 0.25) is 0 Å². The molecule has 0 aromatic heterocycles. The molecule has 3 rings (SSSR count). The molecule has 202 valence electrons. The van der Waals surface area contributed by atoms with Crippen molar-refractivity contribution in [2.24, 2.45) is 5.92 Å². The van der Waals surface area contributed by atoms with Crippen LogP contribution < -0.4 is 15.5 Å². The highest BCUT2D eigenvalue weighted by atomic mass is 31.2. The summed E-state index contributed by atoms with van der Waals surface area (Å²) in [6.45, 7) is 3.48. The monoisotopic (exact) mass is 539 g/mol. The van der Waals surface area contributed by atoms with E-state index in [0.29, 0.717) is 5.56 Å². The van der Waals surface area contributed by atoms with Gasteiger partial charge in [-0.05, 0) is 27.8 Å². The van der Waals surface area contributed by atoms with Crippen molar-refractivity contribution in [3.63, 3.8) is 0 Å². The molecule has 9 nitrogen and oxygen atoms in total. The van der Waals surface area contributed by atoms with Crippen molar-refractivity contribution in [3.05, 3.63) is 83.9 Å². The van der Waals surface area contributed by atoms with Crippen LogP contribution in [-0.4, -0.2) is 43.3 Å². The third kappa shape index (κ3) is 8.25. The molecule has 2 N–H and O–H groups in total. The van der Waals surface area contributed by atoms with E-state index in [1.54, 1.807) is 44.2 Å². The maximum atomic E-state index is 12.9. The van der Waals surface area contributed by atoms with Crippen LogP contribution in [0.15, 0.2) is 72.8 Å². The van der Waals surface area contributed by atoms with Crippen LogP contribution in [0.1, 0.15) is 25.0 Å². The minimum absolute atomic E-state index is 0.0213. The SMILES string of the molecule is COC(=O)[C@H](Cc1ccccc1)OP(=O)([O-])CNC(=O)[C@@H](NC(=O)Cc1cccc2ccccc12)C(C)C. The second-order valence-corrected chi connectivity index (χ2v) is 11.0. The minimum atomic E-state index is -4.69. The van der Waals surface area contributed by atoms with E-state index in [1.807, 2.05) is 42.5 Å². The summed E-state index contributed by atoms with van der Waals surface area (Å²) in [5.41, 5.74) is 1.49. The van der Waals surface area contributed by atoms with Gasteiger partial charge in [-0.1, -0.05) is 86.6 Å². The first-order valence-corrected chi connectivity index (χ1v) is 14.0. The average molecular weight is 540 g/mol. The third-order valence-corrected chi connectivity index (χ3v) is 7.08. The molecule has 0 bridgehead atoms. The van der Waals surface area contributed by atoms with E-state index in [1.165, 1.54) is 0 Å². The molecule has 0 fully saturated rings. The van der Waals surface area contributed by atoms with Gasteiger partial charge in [-0.15, -0.1) is 0 Å². The van der Waals surface area contributed by atoms with Crippen LogP contribution in [-0.2, 0) is 41.1 Å². The Balaban J connectivity index is 1.61. The van der Waals surface area contributed by atoms with Gasteiger partial charge in [-0.2, -0.15) is 0 Å². The summed E-state index contributed by atoms with van der Waals surface area (Å²) < 4.78 is 22.4. The molecule has 2 amide bonds. The number of benzene rings is 3. The summed E-state index contributed by atoms with van der Waals surface area (Å²) in [5.74, 6) is -2.22. The van der Waals surface area contributed by atoms with Gasteiger partial charge >= 0.3 is 5.97 Å². The molecule has 3 atom stereocenters. The molecule has 0 heterocycles. The quantitative estimate of drug-likeness (QED) is 0.267. The fraction of sp³-hybridized carbons (Fsp3) is 0.321. The second kappa shape index (κ2) is 13.3. The van der Waals surface area contributed by atoms with Crippen molar-refractivity contribution in [2.75, 3.05) is 13.4 Å². The first kappa shape index (κ1) is 29.0. The van der Waals surface area contributed by atoms with E-state index in [0.717, 1.165) is 23.4 Å². The predicted molar refractivity (Wildman–Crippen MR) is 142 cm³/mol. The Labute approximate surface area is 222 Å². The highest BCUT2D eigenvalue weighted by Gasteiger charge is 2.28. The van der Waals surface area contributed by atoms with Crippen LogP contribution >= 0.6 is 7.60 Å². The average Bonchev–Trinajstić information content (AvgIpc) is 2.90. The van der Waals surface area contributed by atoms with Gasteiger partial charge in [-0.25, -0.2) is 4.79 Å². The van der Waals surface area contributed by atoms with Gasteiger partial charge < -0.3 is 29.4 Å². The normalized spacial score (nSPS) is 14.3. The lowest BCUT2D eigenvalue weighted by atomic mass is 10.0. The lowest BCUT2D eigenvalue weighted by molar-refractivity contribution is -0.205. The van der Waals surface area contributed by atoms with Gasteiger partial charge in [0.05, 0.1) is 19.8 Å². The summed E-state index contributed by atoms with van der Waals surface area (Å²) in [6.07, 6.45) is -2.21. The number of fused-ring (bicyclic) bond motifs is 1. The molecule has 3 aromatic rings. The molecule has 0 aliphatic carbocycles. The highest BCUT2D eigenvalue weighted by molar-refractivity contribution is 7.51. The number of ether oxygens (including phenoxy) is 1. The van der Waals surface area contributed by atoms with Crippen LogP contribution in [0.25, 0.3) is 10.8 Å². The lowest BCUT2D eigenvalue weighted by Gasteiger charge is -2.29. The summed E-state index contributed by atoms with van der Waals surface area (Å²) in [4.78, 5) is 50.5. The number of hydrogen-bond donors (Lipinski definition) is 2. The Bertz CT molecular complexity index is 1310. The molecule has 0 saturated carbocycles. The number of carbonyl (C=O) groups is 3. The fourth-order valence-corrected chi connectivity index (χ4v) is 4.99. The van der Waals surface area contributed by atoms with Gasteiger partial charge in [0.1, 0.15) is 6.04 Å². The highest BCUT2D eigenvalue weighted by Crippen LogP contribution is 2.38. The van der Waals surface area contributed by atoms with Crippen molar-refractivity contribution < 1.29 is 33.1 Å². The summed E-state index contributed by atoms with van der Waals surface area (Å²) >= 11 is 0. The number of amides is 2. The first-order chi connectivity index (χ1) is 18.1. The van der Waals surface area contributed by atoms with E-state index < -0.39 is 37.9 Å². The second-order valence-electron chi connectivity index (χ2n) is 9.22. The first-order valence-electron chi connectivity index (χ1n) is 12.2. The number of hydrogen-bond acceptors (Lipinski definition) is 7. The molecular weight excluding hydrogens is 507 g/mol. The maximum Gasteiger partial charge on any atom is 0.335 e. The fourth-order valence-electron chi connectivity index (χ4n) is 4.02. The zero-order valence-electron chi connectivity index (χ0n) is 21.6. The largest absolute Gasteiger partial charge is 0.777 e. The van der Waals surface area contributed by atoms with E-state index in [4.69, 9.17) is 4.52 Å². The van der Waals surface area contributed by atoms with Crippen LogP contribution in [0.3, 0.4) is 0 Å². The number of rotatable bonds is 12. The van der Waals surface area contributed by atoms with Gasteiger partial charge in [0.15, 0.2) is 13.7 Å². The predicted octanol–water partition coefficient (Wildman–Crippen LogP) is 2.95. The molecule has 0 aliphatic rings. The Kier molecular flexibility index (Phi) is 10.2. The van der Waals surface area contributed by atoms with Crippen molar-refractivity contribution in [3.8, 4) is 0 Å². The molecule has 0 radical (unpaired) electrons. The Hall–Kier alpha value is -3.52. The Morgan fingerprint density at radius 2 is 1.61 bits per heavy atom. The zero-order chi connectivity index (χ0) is 27.7. The summed E-state index contributed by atoms with van der Waals surface area (Å²) in [5, 5.41) is 6.97. The summed E-state index contributed by atoms with van der Waals surface area (Å²) in [7, 11) is -3.55. The van der Waals surface area contributed by atoms with E-state index in [-0.39, 0.29) is 24.7 Å². The molecule has 1 unspecified atom stereocenters. The molecule has 0 saturated heterocycles. The van der Waals surface area contributed by atoms with Gasteiger partial charge in [0, 0.05) is 6.42 Å². The number of esters is 1. The van der Waals surface area contributed by atoms with E-state index in [2.05, 4.69) is 15.4 Å². The number of carbonyl (C=O) groups excluding carboxylic acids is 3. The lowest BCUT2D eigenvalue weighted by Crippen LogP contribution is -2.50. The number of methoxy groups -OCH3 is 1.